The summed E-state index contributed by atoms with van der Waals surface area (Å²) in [5.74, 6) is 0. The van der Waals surface area contributed by atoms with Gasteiger partial charge in [-0.05, 0) is 36.5 Å². The largest absolute Gasteiger partial charge is 0.316 e. The third kappa shape index (κ3) is 4.10. The summed E-state index contributed by atoms with van der Waals surface area (Å²) in [5.41, 5.74) is 0.946. The first-order valence-corrected chi connectivity index (χ1v) is 9.08. The summed E-state index contributed by atoms with van der Waals surface area (Å²) in [6.45, 7) is 2.61. The second-order valence-electron chi connectivity index (χ2n) is 4.63. The number of hydrogen-bond acceptors (Lipinski definition) is 5. The highest BCUT2D eigenvalue weighted by Gasteiger charge is 2.21. The summed E-state index contributed by atoms with van der Waals surface area (Å²) < 4.78 is 27.5. The molecule has 21 heavy (non-hydrogen) atoms. The van der Waals surface area contributed by atoms with Crippen LogP contribution in [0.2, 0.25) is 0 Å². The molecule has 1 unspecified atom stereocenters. The van der Waals surface area contributed by atoms with Crippen LogP contribution in [0.3, 0.4) is 0 Å². The summed E-state index contributed by atoms with van der Waals surface area (Å²) in [6, 6.07) is 6.95. The maximum Gasteiger partial charge on any atom is 0.258 e. The van der Waals surface area contributed by atoms with Crippen molar-refractivity contribution in [3.63, 3.8) is 0 Å². The molecule has 0 bridgehead atoms. The molecule has 5 nitrogen and oxygen atoms in total. The van der Waals surface area contributed by atoms with E-state index in [0.29, 0.717) is 13.0 Å². The van der Waals surface area contributed by atoms with Crippen LogP contribution in [0.5, 0.6) is 0 Å². The fraction of sp³-hybridized carbons (Fsp3) is 0.357. The number of sulfonamides is 1. The molecule has 0 spiro atoms. The molecule has 0 radical (unpaired) electrons. The van der Waals surface area contributed by atoms with Gasteiger partial charge in [-0.15, -0.1) is 11.3 Å². The van der Waals surface area contributed by atoms with Gasteiger partial charge in [-0.1, -0.05) is 19.1 Å². The fourth-order valence-electron chi connectivity index (χ4n) is 1.96. The van der Waals surface area contributed by atoms with Gasteiger partial charge in [-0.2, -0.15) is 0 Å². The highest BCUT2D eigenvalue weighted by atomic mass is 32.2. The van der Waals surface area contributed by atoms with E-state index >= 15 is 0 Å². The Bertz CT molecular complexity index is 652. The smallest absolute Gasteiger partial charge is 0.258 e. The van der Waals surface area contributed by atoms with Crippen molar-refractivity contribution >= 4 is 21.4 Å². The normalized spacial score (nSPS) is 13.2. The van der Waals surface area contributed by atoms with Gasteiger partial charge in [-0.25, -0.2) is 18.1 Å². The zero-order valence-corrected chi connectivity index (χ0v) is 13.7. The van der Waals surface area contributed by atoms with Gasteiger partial charge in [0.15, 0.2) is 5.03 Å². The molecular formula is C14H19N3O2S2. The minimum atomic E-state index is -3.60. The maximum absolute atomic E-state index is 12.4. The van der Waals surface area contributed by atoms with Gasteiger partial charge in [0.05, 0.1) is 6.04 Å². The summed E-state index contributed by atoms with van der Waals surface area (Å²) in [6.07, 6.45) is 2.27. The first-order valence-electron chi connectivity index (χ1n) is 6.72. The van der Waals surface area contributed by atoms with Gasteiger partial charge in [0, 0.05) is 17.6 Å². The van der Waals surface area contributed by atoms with Crippen molar-refractivity contribution in [2.24, 2.45) is 0 Å². The van der Waals surface area contributed by atoms with E-state index in [1.807, 2.05) is 31.5 Å². The molecule has 2 aromatic heterocycles. The molecule has 0 aliphatic carbocycles. The van der Waals surface area contributed by atoms with Crippen LogP contribution in [0, 0.1) is 0 Å². The number of hydrogen-bond donors (Lipinski definition) is 2. The minimum absolute atomic E-state index is 0.0531. The van der Waals surface area contributed by atoms with Crippen molar-refractivity contribution in [3.05, 3.63) is 46.3 Å². The molecule has 0 saturated heterocycles. The van der Waals surface area contributed by atoms with E-state index in [-0.39, 0.29) is 11.1 Å². The molecule has 2 aromatic rings. The quantitative estimate of drug-likeness (QED) is 0.819. The van der Waals surface area contributed by atoms with Gasteiger partial charge in [-0.3, -0.25) is 0 Å². The molecule has 114 valence electrons. The van der Waals surface area contributed by atoms with Crippen LogP contribution in [-0.2, 0) is 16.6 Å². The third-order valence-corrected chi connectivity index (χ3v) is 5.42. The highest BCUT2D eigenvalue weighted by molar-refractivity contribution is 7.89. The van der Waals surface area contributed by atoms with Gasteiger partial charge in [0.25, 0.3) is 10.0 Å². The predicted molar refractivity (Wildman–Crippen MR) is 84.7 cm³/mol. The van der Waals surface area contributed by atoms with Crippen LogP contribution < -0.4 is 10.0 Å². The Hall–Kier alpha value is -1.28. The predicted octanol–water partition coefficient (Wildman–Crippen LogP) is 2.29. The van der Waals surface area contributed by atoms with Crippen LogP contribution in [0.25, 0.3) is 0 Å². The fourth-order valence-corrected chi connectivity index (χ4v) is 4.12. The van der Waals surface area contributed by atoms with Gasteiger partial charge in [0.1, 0.15) is 0 Å². The Balaban J connectivity index is 2.17. The van der Waals surface area contributed by atoms with Crippen LogP contribution in [0.15, 0.2) is 40.9 Å². The van der Waals surface area contributed by atoms with Crippen molar-refractivity contribution < 1.29 is 8.42 Å². The van der Waals surface area contributed by atoms with Gasteiger partial charge >= 0.3 is 0 Å². The van der Waals surface area contributed by atoms with Crippen LogP contribution in [-0.4, -0.2) is 20.4 Å². The molecule has 0 aliphatic heterocycles. The molecule has 2 rings (SSSR count). The average molecular weight is 325 g/mol. The number of aromatic nitrogens is 1. The SMILES string of the molecule is CCC(NS(=O)(=O)c1ccc(CNC)cn1)c1cccs1. The number of pyridine rings is 1. The Labute approximate surface area is 129 Å². The molecule has 7 heteroatoms. The molecule has 1 atom stereocenters. The number of thiophene rings is 1. The van der Waals surface area contributed by atoms with Crippen LogP contribution >= 0.6 is 11.3 Å². The molecule has 0 fully saturated rings. The second-order valence-corrected chi connectivity index (χ2v) is 7.27. The average Bonchev–Trinajstić information content (AvgIpc) is 3.00. The lowest BCUT2D eigenvalue weighted by Gasteiger charge is -2.15. The Kier molecular flexibility index (Phi) is 5.46. The van der Waals surface area contributed by atoms with E-state index in [0.717, 1.165) is 10.4 Å². The van der Waals surface area contributed by atoms with Gasteiger partial charge < -0.3 is 5.32 Å². The molecule has 0 aliphatic rings. The van der Waals surface area contributed by atoms with E-state index in [2.05, 4.69) is 15.0 Å². The first-order chi connectivity index (χ1) is 10.1. The molecule has 0 saturated carbocycles. The van der Waals surface area contributed by atoms with E-state index < -0.39 is 10.0 Å². The van der Waals surface area contributed by atoms with E-state index in [1.54, 1.807) is 23.6 Å². The zero-order chi connectivity index (χ0) is 15.3. The van der Waals surface area contributed by atoms with E-state index in [1.165, 1.54) is 6.07 Å². The lowest BCUT2D eigenvalue weighted by atomic mass is 10.2. The monoisotopic (exact) mass is 325 g/mol. The maximum atomic E-state index is 12.4. The standard InChI is InChI=1S/C14H19N3O2S2/c1-3-12(13-5-4-8-20-13)17-21(18,19)14-7-6-11(9-15-2)10-16-14/h4-8,10,12,15,17H,3,9H2,1-2H3. The van der Waals surface area contributed by atoms with Crippen LogP contribution in [0.1, 0.15) is 29.8 Å². The number of nitrogens with zero attached hydrogens (tertiary/aromatic N) is 1. The molecular weight excluding hydrogens is 306 g/mol. The lowest BCUT2D eigenvalue weighted by Crippen LogP contribution is -2.28. The van der Waals surface area contributed by atoms with E-state index in [4.69, 9.17) is 0 Å². The summed E-state index contributed by atoms with van der Waals surface area (Å²) in [4.78, 5) is 5.06. The molecule has 2 N–H and O–H groups in total. The zero-order valence-electron chi connectivity index (χ0n) is 12.0. The second kappa shape index (κ2) is 7.13. The van der Waals surface area contributed by atoms with Crippen molar-refractivity contribution in [1.29, 1.82) is 0 Å². The van der Waals surface area contributed by atoms with Crippen LogP contribution in [0.4, 0.5) is 0 Å². The minimum Gasteiger partial charge on any atom is -0.316 e. The van der Waals surface area contributed by atoms with Crippen molar-refractivity contribution in [1.82, 2.24) is 15.0 Å². The van der Waals surface area contributed by atoms with Gasteiger partial charge in [0.2, 0.25) is 0 Å². The molecule has 2 heterocycles. The Morgan fingerprint density at radius 3 is 2.67 bits per heavy atom. The topological polar surface area (TPSA) is 71.1 Å². The number of rotatable bonds is 7. The summed E-state index contributed by atoms with van der Waals surface area (Å²) in [7, 11) is -1.77. The lowest BCUT2D eigenvalue weighted by molar-refractivity contribution is 0.549. The molecule has 0 aromatic carbocycles. The van der Waals surface area contributed by atoms with E-state index in [9.17, 15) is 8.42 Å². The Morgan fingerprint density at radius 1 is 1.33 bits per heavy atom. The molecule has 0 amide bonds. The third-order valence-electron chi connectivity index (χ3n) is 3.05. The highest BCUT2D eigenvalue weighted by Crippen LogP contribution is 2.23. The first kappa shape index (κ1) is 16.1. The Morgan fingerprint density at radius 2 is 2.14 bits per heavy atom. The van der Waals surface area contributed by atoms with Crippen molar-refractivity contribution in [2.75, 3.05) is 7.05 Å². The van der Waals surface area contributed by atoms with Crippen molar-refractivity contribution in [3.8, 4) is 0 Å². The summed E-state index contributed by atoms with van der Waals surface area (Å²) >= 11 is 1.54. The number of nitrogens with one attached hydrogen (secondary N) is 2. The van der Waals surface area contributed by atoms with Crippen molar-refractivity contribution in [2.45, 2.75) is 31.0 Å². The summed E-state index contributed by atoms with van der Waals surface area (Å²) in [5, 5.41) is 4.99.